The average Bonchev–Trinajstić information content (AvgIpc) is 2.44. The van der Waals surface area contributed by atoms with Crippen molar-refractivity contribution in [3.63, 3.8) is 0 Å². The smallest absolute Gasteiger partial charge is 0.254 e. The number of nitrogens with one attached hydrogen (secondary N) is 1. The number of nitrogens with zero attached hydrogens (tertiary/aromatic N) is 4. The molecule has 0 saturated carbocycles. The number of aromatic nitrogens is 2. The van der Waals surface area contributed by atoms with E-state index < -0.39 is 5.54 Å². The first-order valence-electron chi connectivity index (χ1n) is 6.69. The van der Waals surface area contributed by atoms with Crippen molar-refractivity contribution in [1.29, 1.82) is 5.26 Å². The second kappa shape index (κ2) is 5.55. The fourth-order valence-electron chi connectivity index (χ4n) is 2.33. The Balaban J connectivity index is 2.18. The van der Waals surface area contributed by atoms with Crippen LogP contribution in [0.4, 0.5) is 0 Å². The lowest BCUT2D eigenvalue weighted by molar-refractivity contribution is 0.0880. The molecule has 0 radical (unpaired) electrons. The van der Waals surface area contributed by atoms with E-state index in [0.717, 1.165) is 13.1 Å². The second-order valence-corrected chi connectivity index (χ2v) is 5.44. The molecular formula is C14H19N5O. The predicted octanol–water partition coefficient (Wildman–Crippen LogP) is 0.811. The normalized spacial score (nSPS) is 18.3. The third-order valence-electron chi connectivity index (χ3n) is 3.75. The van der Waals surface area contributed by atoms with E-state index in [1.54, 1.807) is 19.9 Å². The van der Waals surface area contributed by atoms with Crippen LogP contribution in [0.3, 0.4) is 0 Å². The van der Waals surface area contributed by atoms with Gasteiger partial charge in [0.2, 0.25) is 0 Å². The SMILES string of the molecule is Cc1cc(C(=O)NC2(C#N)CCN(C)CC2)c(C)nn1. The molecule has 2 heterocycles. The van der Waals surface area contributed by atoms with Gasteiger partial charge in [0.25, 0.3) is 5.91 Å². The van der Waals surface area contributed by atoms with E-state index in [9.17, 15) is 10.1 Å². The number of carbonyl (C=O) groups is 1. The van der Waals surface area contributed by atoms with Gasteiger partial charge >= 0.3 is 0 Å². The zero-order valence-electron chi connectivity index (χ0n) is 12.1. The Bertz CT molecular complexity index is 555. The maximum Gasteiger partial charge on any atom is 0.254 e. The summed E-state index contributed by atoms with van der Waals surface area (Å²) >= 11 is 0. The van der Waals surface area contributed by atoms with Crippen LogP contribution in [0.15, 0.2) is 6.07 Å². The Morgan fingerprint density at radius 2 is 2.05 bits per heavy atom. The average molecular weight is 273 g/mol. The van der Waals surface area contributed by atoms with Gasteiger partial charge in [0.05, 0.1) is 23.0 Å². The molecule has 6 heteroatoms. The van der Waals surface area contributed by atoms with E-state index in [4.69, 9.17) is 0 Å². The van der Waals surface area contributed by atoms with Gasteiger partial charge in [0.1, 0.15) is 5.54 Å². The van der Waals surface area contributed by atoms with Gasteiger partial charge in [-0.2, -0.15) is 15.5 Å². The van der Waals surface area contributed by atoms with Gasteiger partial charge < -0.3 is 10.2 Å². The molecule has 0 aromatic carbocycles. The van der Waals surface area contributed by atoms with Gasteiger partial charge in [0.15, 0.2) is 0 Å². The van der Waals surface area contributed by atoms with Crippen LogP contribution in [0.5, 0.6) is 0 Å². The highest BCUT2D eigenvalue weighted by Crippen LogP contribution is 2.21. The zero-order chi connectivity index (χ0) is 14.8. The molecule has 2 rings (SSSR count). The Morgan fingerprint density at radius 3 is 2.65 bits per heavy atom. The fourth-order valence-corrected chi connectivity index (χ4v) is 2.33. The molecule has 1 aliphatic heterocycles. The van der Waals surface area contributed by atoms with Crippen molar-refractivity contribution in [3.8, 4) is 6.07 Å². The van der Waals surface area contributed by atoms with Crippen molar-refractivity contribution >= 4 is 5.91 Å². The lowest BCUT2D eigenvalue weighted by atomic mass is 9.88. The van der Waals surface area contributed by atoms with E-state index in [1.807, 2.05) is 7.05 Å². The van der Waals surface area contributed by atoms with Gasteiger partial charge in [-0.15, -0.1) is 0 Å². The van der Waals surface area contributed by atoms with E-state index in [1.165, 1.54) is 0 Å². The number of hydrogen-bond donors (Lipinski definition) is 1. The third kappa shape index (κ3) is 2.94. The molecule has 1 aromatic heterocycles. The van der Waals surface area contributed by atoms with Crippen LogP contribution in [-0.4, -0.2) is 46.7 Å². The van der Waals surface area contributed by atoms with Gasteiger partial charge in [-0.3, -0.25) is 4.79 Å². The summed E-state index contributed by atoms with van der Waals surface area (Å²) < 4.78 is 0. The number of likely N-dealkylation sites (tertiary alicyclic amines) is 1. The number of aryl methyl sites for hydroxylation is 2. The Hall–Kier alpha value is -2.00. The Morgan fingerprint density at radius 1 is 1.40 bits per heavy atom. The summed E-state index contributed by atoms with van der Waals surface area (Å²) in [6.45, 7) is 5.15. The molecule has 0 spiro atoms. The van der Waals surface area contributed by atoms with Crippen molar-refractivity contribution in [2.24, 2.45) is 0 Å². The molecule has 1 fully saturated rings. The van der Waals surface area contributed by atoms with Crippen LogP contribution in [0.25, 0.3) is 0 Å². The first kappa shape index (κ1) is 14.4. The van der Waals surface area contributed by atoms with Gasteiger partial charge in [-0.05, 0) is 39.8 Å². The molecular weight excluding hydrogens is 254 g/mol. The molecule has 106 valence electrons. The van der Waals surface area contributed by atoms with Gasteiger partial charge in [-0.25, -0.2) is 0 Å². The Labute approximate surface area is 118 Å². The molecule has 1 saturated heterocycles. The maximum absolute atomic E-state index is 12.4. The lowest BCUT2D eigenvalue weighted by Crippen LogP contribution is -2.53. The number of piperidine rings is 1. The summed E-state index contributed by atoms with van der Waals surface area (Å²) in [7, 11) is 2.02. The lowest BCUT2D eigenvalue weighted by Gasteiger charge is -2.36. The van der Waals surface area contributed by atoms with Crippen LogP contribution in [-0.2, 0) is 0 Å². The molecule has 1 aromatic rings. The number of carbonyl (C=O) groups excluding carboxylic acids is 1. The second-order valence-electron chi connectivity index (χ2n) is 5.44. The van der Waals surface area contributed by atoms with E-state index >= 15 is 0 Å². The molecule has 6 nitrogen and oxygen atoms in total. The van der Waals surface area contributed by atoms with E-state index in [0.29, 0.717) is 29.8 Å². The minimum absolute atomic E-state index is 0.244. The van der Waals surface area contributed by atoms with Crippen molar-refractivity contribution in [2.45, 2.75) is 32.2 Å². The third-order valence-corrected chi connectivity index (χ3v) is 3.75. The van der Waals surface area contributed by atoms with Gasteiger partial charge in [-0.1, -0.05) is 0 Å². The molecule has 1 N–H and O–H groups in total. The monoisotopic (exact) mass is 273 g/mol. The standard InChI is InChI=1S/C14H19N5O/c1-10-8-12(11(2)18-17-10)13(20)16-14(9-15)4-6-19(3)7-5-14/h8H,4-7H2,1-3H3,(H,16,20). The summed E-state index contributed by atoms with van der Waals surface area (Å²) in [5.41, 5.74) is 0.989. The topological polar surface area (TPSA) is 81.9 Å². The van der Waals surface area contributed by atoms with Crippen LogP contribution < -0.4 is 5.32 Å². The van der Waals surface area contributed by atoms with Crippen LogP contribution in [0.1, 0.15) is 34.6 Å². The molecule has 0 aliphatic carbocycles. The quantitative estimate of drug-likeness (QED) is 0.862. The van der Waals surface area contributed by atoms with Crippen molar-refractivity contribution in [3.05, 3.63) is 23.0 Å². The van der Waals surface area contributed by atoms with Gasteiger partial charge in [0, 0.05) is 13.1 Å². The van der Waals surface area contributed by atoms with Crippen molar-refractivity contribution < 1.29 is 4.79 Å². The zero-order valence-corrected chi connectivity index (χ0v) is 12.1. The van der Waals surface area contributed by atoms with Crippen LogP contribution >= 0.6 is 0 Å². The number of hydrogen-bond acceptors (Lipinski definition) is 5. The number of nitriles is 1. The van der Waals surface area contributed by atoms with Crippen LogP contribution in [0.2, 0.25) is 0 Å². The summed E-state index contributed by atoms with van der Waals surface area (Å²) in [6.07, 6.45) is 1.28. The summed E-state index contributed by atoms with van der Waals surface area (Å²) in [6, 6.07) is 3.98. The summed E-state index contributed by atoms with van der Waals surface area (Å²) in [5.74, 6) is -0.244. The summed E-state index contributed by atoms with van der Waals surface area (Å²) in [4.78, 5) is 14.5. The predicted molar refractivity (Wildman–Crippen MR) is 74.0 cm³/mol. The van der Waals surface area contributed by atoms with E-state index in [-0.39, 0.29) is 5.91 Å². The number of rotatable bonds is 2. The largest absolute Gasteiger partial charge is 0.334 e. The van der Waals surface area contributed by atoms with Crippen LogP contribution in [0, 0.1) is 25.2 Å². The molecule has 20 heavy (non-hydrogen) atoms. The first-order chi connectivity index (χ1) is 9.46. The molecule has 0 bridgehead atoms. The number of amides is 1. The Kier molecular flexibility index (Phi) is 4.00. The van der Waals surface area contributed by atoms with E-state index in [2.05, 4.69) is 26.5 Å². The fraction of sp³-hybridized carbons (Fsp3) is 0.571. The molecule has 1 amide bonds. The molecule has 0 unspecified atom stereocenters. The molecule has 0 atom stereocenters. The minimum atomic E-state index is -0.771. The highest BCUT2D eigenvalue weighted by molar-refractivity contribution is 5.96. The highest BCUT2D eigenvalue weighted by atomic mass is 16.1. The highest BCUT2D eigenvalue weighted by Gasteiger charge is 2.35. The first-order valence-corrected chi connectivity index (χ1v) is 6.69. The molecule has 1 aliphatic rings. The summed E-state index contributed by atoms with van der Waals surface area (Å²) in [5, 5.41) is 20.2. The van der Waals surface area contributed by atoms with Crippen molar-refractivity contribution in [2.75, 3.05) is 20.1 Å². The maximum atomic E-state index is 12.4. The van der Waals surface area contributed by atoms with Crippen molar-refractivity contribution in [1.82, 2.24) is 20.4 Å². The minimum Gasteiger partial charge on any atom is -0.334 e.